The van der Waals surface area contributed by atoms with Crippen molar-refractivity contribution in [2.75, 3.05) is 6.61 Å². The van der Waals surface area contributed by atoms with Crippen molar-refractivity contribution in [3.05, 3.63) is 29.8 Å². The van der Waals surface area contributed by atoms with Gasteiger partial charge in [0, 0.05) is 0 Å². The van der Waals surface area contributed by atoms with Crippen LogP contribution in [0.2, 0.25) is 0 Å². The molecular formula is C16H20F3NO4. The third-order valence-corrected chi connectivity index (χ3v) is 3.80. The van der Waals surface area contributed by atoms with Gasteiger partial charge < -0.3 is 15.2 Å². The Kier molecular flexibility index (Phi) is 6.62. The van der Waals surface area contributed by atoms with Gasteiger partial charge in [-0.25, -0.2) is 0 Å². The van der Waals surface area contributed by atoms with Crippen LogP contribution in [0.4, 0.5) is 13.2 Å². The van der Waals surface area contributed by atoms with Gasteiger partial charge in [-0.2, -0.15) is 13.2 Å². The molecule has 0 unspecified atom stereocenters. The number of carbonyl (C=O) groups excluding carboxylic acids is 1. The van der Waals surface area contributed by atoms with Crippen molar-refractivity contribution in [2.24, 2.45) is 0 Å². The molecule has 0 aliphatic carbocycles. The molecule has 1 aromatic rings. The van der Waals surface area contributed by atoms with Crippen LogP contribution in [-0.2, 0) is 15.8 Å². The zero-order valence-corrected chi connectivity index (χ0v) is 13.4. The molecule has 1 aromatic carbocycles. The number of hydrogen-bond acceptors (Lipinski definition) is 3. The van der Waals surface area contributed by atoms with E-state index in [1.54, 1.807) is 13.8 Å². The van der Waals surface area contributed by atoms with Gasteiger partial charge in [0.25, 0.3) is 5.91 Å². The number of carboxylic acid groups (broad SMARTS) is 1. The zero-order chi connectivity index (χ0) is 18.4. The minimum Gasteiger partial charge on any atom is -0.484 e. The van der Waals surface area contributed by atoms with Crippen LogP contribution in [-0.4, -0.2) is 29.1 Å². The van der Waals surface area contributed by atoms with Crippen molar-refractivity contribution >= 4 is 11.9 Å². The van der Waals surface area contributed by atoms with Crippen molar-refractivity contribution in [1.82, 2.24) is 5.32 Å². The van der Waals surface area contributed by atoms with Crippen molar-refractivity contribution in [2.45, 2.75) is 44.8 Å². The van der Waals surface area contributed by atoms with Crippen LogP contribution in [0.15, 0.2) is 24.3 Å². The maximum absolute atomic E-state index is 12.4. The number of carboxylic acids is 1. The number of benzene rings is 1. The molecule has 8 heteroatoms. The topological polar surface area (TPSA) is 75.6 Å². The standard InChI is InChI=1S/C16H20F3NO4/c1-3-15(4-2,9-14(22)23)20-13(21)10-24-12-7-5-11(6-8-12)16(17,18)19/h5-8H,3-4,9-10H2,1-2H3,(H,20,21)(H,22,23). The number of amides is 1. The second kappa shape index (κ2) is 8.03. The largest absolute Gasteiger partial charge is 0.484 e. The van der Waals surface area contributed by atoms with Gasteiger partial charge in [-0.3, -0.25) is 9.59 Å². The molecule has 0 aliphatic heterocycles. The van der Waals surface area contributed by atoms with Gasteiger partial charge in [0.15, 0.2) is 6.61 Å². The summed E-state index contributed by atoms with van der Waals surface area (Å²) in [7, 11) is 0. The van der Waals surface area contributed by atoms with E-state index in [4.69, 9.17) is 9.84 Å². The van der Waals surface area contributed by atoms with E-state index in [2.05, 4.69) is 5.32 Å². The summed E-state index contributed by atoms with van der Waals surface area (Å²) in [5, 5.41) is 11.6. The number of carbonyl (C=O) groups is 2. The van der Waals surface area contributed by atoms with Crippen molar-refractivity contribution in [3.63, 3.8) is 0 Å². The third kappa shape index (κ3) is 5.75. The quantitative estimate of drug-likeness (QED) is 0.757. The molecule has 24 heavy (non-hydrogen) atoms. The molecule has 5 nitrogen and oxygen atoms in total. The number of alkyl halides is 3. The number of rotatable bonds is 8. The summed E-state index contributed by atoms with van der Waals surface area (Å²) < 4.78 is 42.5. The van der Waals surface area contributed by atoms with Gasteiger partial charge >= 0.3 is 12.1 Å². The van der Waals surface area contributed by atoms with E-state index < -0.39 is 35.8 Å². The van der Waals surface area contributed by atoms with Crippen LogP contribution in [0, 0.1) is 0 Å². The third-order valence-electron chi connectivity index (χ3n) is 3.80. The number of hydrogen-bond donors (Lipinski definition) is 2. The van der Waals surface area contributed by atoms with E-state index in [0.717, 1.165) is 24.3 Å². The van der Waals surface area contributed by atoms with Crippen molar-refractivity contribution in [3.8, 4) is 5.75 Å². The summed E-state index contributed by atoms with van der Waals surface area (Å²) in [6, 6.07) is 3.97. The minimum atomic E-state index is -4.44. The predicted molar refractivity (Wildman–Crippen MR) is 80.6 cm³/mol. The smallest absolute Gasteiger partial charge is 0.416 e. The number of aliphatic carboxylic acids is 1. The van der Waals surface area contributed by atoms with E-state index in [1.165, 1.54) is 0 Å². The molecule has 0 fully saturated rings. The molecule has 0 saturated heterocycles. The van der Waals surface area contributed by atoms with Gasteiger partial charge in [0.2, 0.25) is 0 Å². The van der Waals surface area contributed by atoms with Crippen LogP contribution in [0.5, 0.6) is 5.75 Å². The summed E-state index contributed by atoms with van der Waals surface area (Å²) in [6.07, 6.45) is -3.79. The van der Waals surface area contributed by atoms with Gasteiger partial charge in [-0.05, 0) is 37.1 Å². The van der Waals surface area contributed by atoms with E-state index in [1.807, 2.05) is 0 Å². The van der Waals surface area contributed by atoms with Crippen LogP contribution in [0.25, 0.3) is 0 Å². The molecule has 1 amide bonds. The second-order valence-corrected chi connectivity index (χ2v) is 5.42. The average molecular weight is 347 g/mol. The fraction of sp³-hybridized carbons (Fsp3) is 0.500. The van der Waals surface area contributed by atoms with Crippen LogP contribution in [0.1, 0.15) is 38.7 Å². The van der Waals surface area contributed by atoms with Gasteiger partial charge in [-0.15, -0.1) is 0 Å². The lowest BCUT2D eigenvalue weighted by Gasteiger charge is -2.31. The highest BCUT2D eigenvalue weighted by molar-refractivity contribution is 5.79. The zero-order valence-electron chi connectivity index (χ0n) is 13.4. The fourth-order valence-corrected chi connectivity index (χ4v) is 2.23. The molecule has 0 atom stereocenters. The lowest BCUT2D eigenvalue weighted by molar-refractivity contribution is -0.140. The highest BCUT2D eigenvalue weighted by Crippen LogP contribution is 2.30. The van der Waals surface area contributed by atoms with E-state index >= 15 is 0 Å². The molecule has 134 valence electrons. The summed E-state index contributed by atoms with van der Waals surface area (Å²) in [5.41, 5.74) is -1.68. The first-order valence-corrected chi connectivity index (χ1v) is 7.44. The number of nitrogens with one attached hydrogen (secondary N) is 1. The predicted octanol–water partition coefficient (Wildman–Crippen LogP) is 3.23. The maximum atomic E-state index is 12.4. The van der Waals surface area contributed by atoms with Gasteiger partial charge in [-0.1, -0.05) is 13.8 Å². The molecule has 0 aliphatic rings. The van der Waals surface area contributed by atoms with Crippen molar-refractivity contribution in [1.29, 1.82) is 0 Å². The maximum Gasteiger partial charge on any atom is 0.416 e. The van der Waals surface area contributed by atoms with E-state index in [9.17, 15) is 22.8 Å². The molecule has 0 bridgehead atoms. The first kappa shape index (κ1) is 19.8. The second-order valence-electron chi connectivity index (χ2n) is 5.42. The molecule has 0 aromatic heterocycles. The van der Waals surface area contributed by atoms with Crippen LogP contribution in [0.3, 0.4) is 0 Å². The summed E-state index contributed by atoms with van der Waals surface area (Å²) >= 11 is 0. The molecule has 2 N–H and O–H groups in total. The van der Waals surface area contributed by atoms with Gasteiger partial charge in [0.1, 0.15) is 5.75 Å². The summed E-state index contributed by atoms with van der Waals surface area (Å²) in [6.45, 7) is 3.12. The van der Waals surface area contributed by atoms with E-state index in [-0.39, 0.29) is 12.2 Å². The lowest BCUT2D eigenvalue weighted by Crippen LogP contribution is -2.50. The highest BCUT2D eigenvalue weighted by Gasteiger charge is 2.31. The Morgan fingerprint density at radius 3 is 2.08 bits per heavy atom. The van der Waals surface area contributed by atoms with Crippen molar-refractivity contribution < 1.29 is 32.6 Å². The lowest BCUT2D eigenvalue weighted by atomic mass is 9.89. The summed E-state index contributed by atoms with van der Waals surface area (Å²) in [5.74, 6) is -1.43. The van der Waals surface area contributed by atoms with E-state index in [0.29, 0.717) is 12.8 Å². The Labute approximate surface area is 137 Å². The Morgan fingerprint density at radius 1 is 1.12 bits per heavy atom. The number of ether oxygens (including phenoxy) is 1. The first-order chi connectivity index (χ1) is 11.1. The van der Waals surface area contributed by atoms with Crippen LogP contribution >= 0.6 is 0 Å². The Morgan fingerprint density at radius 2 is 1.67 bits per heavy atom. The minimum absolute atomic E-state index is 0.120. The molecule has 0 radical (unpaired) electrons. The Hall–Kier alpha value is -2.25. The van der Waals surface area contributed by atoms with Crippen LogP contribution < -0.4 is 10.1 Å². The number of halogens is 3. The molecule has 0 saturated carbocycles. The normalized spacial score (nSPS) is 11.9. The first-order valence-electron chi connectivity index (χ1n) is 7.44. The molecule has 0 heterocycles. The van der Waals surface area contributed by atoms with Gasteiger partial charge in [0.05, 0.1) is 17.5 Å². The molecule has 0 spiro atoms. The molecular weight excluding hydrogens is 327 g/mol. The summed E-state index contributed by atoms with van der Waals surface area (Å²) in [4.78, 5) is 22.9. The fourth-order valence-electron chi connectivity index (χ4n) is 2.23. The SMILES string of the molecule is CCC(CC)(CC(=O)O)NC(=O)COc1ccc(C(F)(F)F)cc1. The Balaban J connectivity index is 2.63. The highest BCUT2D eigenvalue weighted by atomic mass is 19.4. The molecule has 1 rings (SSSR count). The Bertz CT molecular complexity index is 566. The monoisotopic (exact) mass is 347 g/mol. The average Bonchev–Trinajstić information content (AvgIpc) is 2.51.